The van der Waals surface area contributed by atoms with Crippen LogP contribution in [0, 0.1) is 0 Å². The predicted octanol–water partition coefficient (Wildman–Crippen LogP) is 4.79. The highest BCUT2D eigenvalue weighted by Crippen LogP contribution is 2.35. The van der Waals surface area contributed by atoms with Crippen molar-refractivity contribution in [3.63, 3.8) is 0 Å². The molecule has 29 heavy (non-hydrogen) atoms. The SMILES string of the molecule is CC(C)(C)OC(=O)N(CCc1ccccc1)CC1(c2ccccc2)CCNCC1. The van der Waals surface area contributed by atoms with Crippen molar-refractivity contribution >= 4 is 6.09 Å². The number of carbonyl (C=O) groups is 1. The first-order valence-corrected chi connectivity index (χ1v) is 10.7. The maximum absolute atomic E-state index is 13.1. The van der Waals surface area contributed by atoms with E-state index in [-0.39, 0.29) is 11.5 Å². The Hall–Kier alpha value is -2.33. The Bertz CT molecular complexity index is 762. The maximum atomic E-state index is 13.1. The Morgan fingerprint density at radius 3 is 2.17 bits per heavy atom. The number of hydrogen-bond acceptors (Lipinski definition) is 3. The third-order valence-electron chi connectivity index (χ3n) is 5.61. The van der Waals surface area contributed by atoms with E-state index in [9.17, 15) is 4.79 Å². The van der Waals surface area contributed by atoms with Crippen LogP contribution >= 0.6 is 0 Å². The molecule has 0 spiro atoms. The molecule has 1 aliphatic heterocycles. The molecule has 0 aliphatic carbocycles. The van der Waals surface area contributed by atoms with Crippen LogP contribution in [0.4, 0.5) is 4.79 Å². The molecule has 1 amide bonds. The summed E-state index contributed by atoms with van der Waals surface area (Å²) in [6.45, 7) is 9.06. The van der Waals surface area contributed by atoms with Gasteiger partial charge in [-0.3, -0.25) is 0 Å². The van der Waals surface area contributed by atoms with Gasteiger partial charge in [-0.15, -0.1) is 0 Å². The van der Waals surface area contributed by atoms with E-state index in [1.807, 2.05) is 43.9 Å². The van der Waals surface area contributed by atoms with Gasteiger partial charge in [-0.05, 0) is 64.3 Å². The van der Waals surface area contributed by atoms with Crippen molar-refractivity contribution in [2.45, 2.75) is 51.0 Å². The van der Waals surface area contributed by atoms with Crippen LogP contribution in [-0.4, -0.2) is 42.8 Å². The monoisotopic (exact) mass is 394 g/mol. The Morgan fingerprint density at radius 2 is 1.59 bits per heavy atom. The number of benzene rings is 2. The van der Waals surface area contributed by atoms with Crippen molar-refractivity contribution in [2.75, 3.05) is 26.2 Å². The second kappa shape index (κ2) is 9.45. The fraction of sp³-hybridized carbons (Fsp3) is 0.480. The second-order valence-electron chi connectivity index (χ2n) is 9.03. The van der Waals surface area contributed by atoms with Crippen molar-refractivity contribution in [1.82, 2.24) is 10.2 Å². The molecule has 0 saturated carbocycles. The molecule has 0 radical (unpaired) electrons. The molecule has 2 aromatic rings. The van der Waals surface area contributed by atoms with E-state index in [4.69, 9.17) is 4.74 Å². The Morgan fingerprint density at radius 1 is 1.00 bits per heavy atom. The van der Waals surface area contributed by atoms with E-state index < -0.39 is 5.60 Å². The number of carbonyl (C=O) groups excluding carboxylic acids is 1. The first-order valence-electron chi connectivity index (χ1n) is 10.7. The summed E-state index contributed by atoms with van der Waals surface area (Å²) < 4.78 is 5.78. The van der Waals surface area contributed by atoms with Crippen molar-refractivity contribution < 1.29 is 9.53 Å². The summed E-state index contributed by atoms with van der Waals surface area (Å²) in [6.07, 6.45) is 2.63. The van der Waals surface area contributed by atoms with Crippen LogP contribution in [0.25, 0.3) is 0 Å². The molecule has 4 heteroatoms. The molecule has 0 unspecified atom stereocenters. The zero-order valence-corrected chi connectivity index (χ0v) is 18.0. The highest BCUT2D eigenvalue weighted by atomic mass is 16.6. The van der Waals surface area contributed by atoms with E-state index in [0.29, 0.717) is 13.1 Å². The lowest BCUT2D eigenvalue weighted by atomic mass is 9.72. The van der Waals surface area contributed by atoms with Gasteiger partial charge in [0.2, 0.25) is 0 Å². The minimum atomic E-state index is -0.504. The summed E-state index contributed by atoms with van der Waals surface area (Å²) in [4.78, 5) is 15.0. The van der Waals surface area contributed by atoms with Crippen molar-refractivity contribution in [2.24, 2.45) is 0 Å². The fourth-order valence-corrected chi connectivity index (χ4v) is 4.07. The van der Waals surface area contributed by atoms with Gasteiger partial charge in [0.15, 0.2) is 0 Å². The lowest BCUT2D eigenvalue weighted by molar-refractivity contribution is 0.0189. The molecule has 2 aromatic carbocycles. The van der Waals surface area contributed by atoms with Gasteiger partial charge in [0.1, 0.15) is 5.60 Å². The molecule has 1 fully saturated rings. The normalized spacial score (nSPS) is 16.2. The predicted molar refractivity (Wildman–Crippen MR) is 118 cm³/mol. The first kappa shape index (κ1) is 21.4. The van der Waals surface area contributed by atoms with Gasteiger partial charge in [-0.25, -0.2) is 4.79 Å². The first-order chi connectivity index (χ1) is 13.9. The minimum absolute atomic E-state index is 0.0416. The van der Waals surface area contributed by atoms with Crippen LogP contribution in [-0.2, 0) is 16.6 Å². The number of ether oxygens (including phenoxy) is 1. The van der Waals surface area contributed by atoms with Crippen LogP contribution in [0.5, 0.6) is 0 Å². The quantitative estimate of drug-likeness (QED) is 0.766. The van der Waals surface area contributed by atoms with Crippen LogP contribution in [0.2, 0.25) is 0 Å². The third-order valence-corrected chi connectivity index (χ3v) is 5.61. The standard InChI is InChI=1S/C25H34N2O2/c1-24(2,3)29-23(28)27(19-14-21-10-6-4-7-11-21)20-25(15-17-26-18-16-25)22-12-8-5-9-13-22/h4-13,26H,14-20H2,1-3H3. The van der Waals surface area contributed by atoms with E-state index >= 15 is 0 Å². The lowest BCUT2D eigenvalue weighted by Gasteiger charge is -2.42. The van der Waals surface area contributed by atoms with Gasteiger partial charge in [0.05, 0.1) is 0 Å². The smallest absolute Gasteiger partial charge is 0.410 e. The summed E-state index contributed by atoms with van der Waals surface area (Å²) in [5, 5.41) is 3.47. The van der Waals surface area contributed by atoms with Crippen LogP contribution < -0.4 is 5.32 Å². The van der Waals surface area contributed by atoms with Crippen LogP contribution in [0.3, 0.4) is 0 Å². The van der Waals surface area contributed by atoms with Gasteiger partial charge in [0.25, 0.3) is 0 Å². The minimum Gasteiger partial charge on any atom is -0.444 e. The number of piperidine rings is 1. The van der Waals surface area contributed by atoms with Gasteiger partial charge in [-0.2, -0.15) is 0 Å². The van der Waals surface area contributed by atoms with E-state index in [2.05, 4.69) is 47.8 Å². The summed E-state index contributed by atoms with van der Waals surface area (Å²) in [7, 11) is 0. The lowest BCUT2D eigenvalue weighted by Crippen LogP contribution is -2.50. The average Bonchev–Trinajstić information content (AvgIpc) is 2.72. The summed E-state index contributed by atoms with van der Waals surface area (Å²) >= 11 is 0. The fourth-order valence-electron chi connectivity index (χ4n) is 4.07. The number of nitrogens with zero attached hydrogens (tertiary/aromatic N) is 1. The number of rotatable bonds is 6. The largest absolute Gasteiger partial charge is 0.444 e. The second-order valence-corrected chi connectivity index (χ2v) is 9.03. The summed E-state index contributed by atoms with van der Waals surface area (Å²) in [6, 6.07) is 21.0. The van der Waals surface area contributed by atoms with Gasteiger partial charge in [-0.1, -0.05) is 60.7 Å². The Balaban J connectivity index is 1.83. The highest BCUT2D eigenvalue weighted by Gasteiger charge is 2.37. The molecule has 4 nitrogen and oxygen atoms in total. The van der Waals surface area contributed by atoms with Gasteiger partial charge >= 0.3 is 6.09 Å². The summed E-state index contributed by atoms with van der Waals surface area (Å²) in [5.41, 5.74) is 2.01. The van der Waals surface area contributed by atoms with Gasteiger partial charge < -0.3 is 15.0 Å². The molecular weight excluding hydrogens is 360 g/mol. The molecule has 1 saturated heterocycles. The molecule has 0 bridgehead atoms. The zero-order chi connectivity index (χ0) is 20.7. The zero-order valence-electron chi connectivity index (χ0n) is 18.0. The third kappa shape index (κ3) is 6.07. The molecule has 1 N–H and O–H groups in total. The topological polar surface area (TPSA) is 41.6 Å². The molecule has 0 atom stereocenters. The molecular formula is C25H34N2O2. The van der Waals surface area contributed by atoms with Crippen LogP contribution in [0.15, 0.2) is 60.7 Å². The van der Waals surface area contributed by atoms with Crippen molar-refractivity contribution in [1.29, 1.82) is 0 Å². The van der Waals surface area contributed by atoms with Crippen molar-refractivity contribution in [3.05, 3.63) is 71.8 Å². The number of hydrogen-bond donors (Lipinski definition) is 1. The number of nitrogens with one attached hydrogen (secondary N) is 1. The molecule has 156 valence electrons. The number of amides is 1. The Kier molecular flexibility index (Phi) is 6.96. The molecule has 1 aliphatic rings. The molecule has 1 heterocycles. The van der Waals surface area contributed by atoms with Gasteiger partial charge in [0, 0.05) is 18.5 Å². The molecule has 0 aromatic heterocycles. The van der Waals surface area contributed by atoms with E-state index in [1.54, 1.807) is 0 Å². The van der Waals surface area contributed by atoms with E-state index in [0.717, 1.165) is 32.4 Å². The van der Waals surface area contributed by atoms with E-state index in [1.165, 1.54) is 11.1 Å². The van der Waals surface area contributed by atoms with Crippen LogP contribution in [0.1, 0.15) is 44.7 Å². The highest BCUT2D eigenvalue weighted by molar-refractivity contribution is 5.68. The summed E-state index contributed by atoms with van der Waals surface area (Å²) in [5.74, 6) is 0. The average molecular weight is 395 g/mol. The molecule has 3 rings (SSSR count). The maximum Gasteiger partial charge on any atom is 0.410 e. The van der Waals surface area contributed by atoms with Crippen molar-refractivity contribution in [3.8, 4) is 0 Å². The Labute approximate surface area is 175 Å².